The molecule has 0 fully saturated rings. The molecule has 0 spiro atoms. The highest BCUT2D eigenvalue weighted by Crippen LogP contribution is 2.33. The van der Waals surface area contributed by atoms with E-state index in [0.717, 1.165) is 33.5 Å². The lowest BCUT2D eigenvalue weighted by molar-refractivity contribution is 0.388. The number of nitrogens with zero attached hydrogens (tertiary/aromatic N) is 1. The highest BCUT2D eigenvalue weighted by Gasteiger charge is 2.19. The molecular weight excluding hydrogens is 496 g/mol. The van der Waals surface area contributed by atoms with Crippen LogP contribution in [0.25, 0.3) is 28.0 Å². The van der Waals surface area contributed by atoms with E-state index in [1.54, 1.807) is 11.2 Å². The molecule has 40 heavy (non-hydrogen) atoms. The summed E-state index contributed by atoms with van der Waals surface area (Å²) < 4.78 is 6.49. The smallest absolute Gasteiger partial charge is 0.196 e. The number of nitrogens with one attached hydrogen (secondary N) is 1. The molecule has 5 N–H and O–H groups in total. The molecule has 0 aliphatic rings. The van der Waals surface area contributed by atoms with Gasteiger partial charge in [-0.3, -0.25) is 4.79 Å². The van der Waals surface area contributed by atoms with Crippen LogP contribution in [-0.2, 0) is 6.54 Å². The molecular formula is C34H34N4O2. The van der Waals surface area contributed by atoms with Gasteiger partial charge in [0.25, 0.3) is 0 Å². The average Bonchev–Trinajstić information content (AvgIpc) is 2.96. The molecule has 0 saturated heterocycles. The second-order valence-corrected chi connectivity index (χ2v) is 10.1. The van der Waals surface area contributed by atoms with Crippen molar-refractivity contribution in [3.05, 3.63) is 141 Å². The first-order valence-electron chi connectivity index (χ1n) is 13.3. The Labute approximate surface area is 234 Å². The number of hydrogen-bond acceptors (Lipinski definition) is 6. The lowest BCUT2D eigenvalue weighted by Crippen LogP contribution is -2.25. The van der Waals surface area contributed by atoms with Gasteiger partial charge < -0.3 is 20.5 Å². The van der Waals surface area contributed by atoms with Crippen LogP contribution in [0, 0.1) is 13.8 Å². The SMILES string of the molecule is Cc1cc(C(C)Nc2ccccc2/C(N)=C/N(N)Cc2ccccc2)c2oc(-c3ccccc3)c(C)c(=O)c2c1. The molecule has 0 saturated carbocycles. The summed E-state index contributed by atoms with van der Waals surface area (Å²) in [5, 5.41) is 5.76. The first-order chi connectivity index (χ1) is 19.3. The Kier molecular flexibility index (Phi) is 7.71. The third-order valence-corrected chi connectivity index (χ3v) is 7.02. The molecule has 0 aliphatic heterocycles. The largest absolute Gasteiger partial charge is 0.455 e. The van der Waals surface area contributed by atoms with Crippen molar-refractivity contribution in [1.82, 2.24) is 5.01 Å². The molecule has 0 bridgehead atoms. The molecule has 6 heteroatoms. The molecule has 1 unspecified atom stereocenters. The summed E-state index contributed by atoms with van der Waals surface area (Å²) >= 11 is 0. The van der Waals surface area contributed by atoms with Crippen LogP contribution in [0.1, 0.15) is 40.8 Å². The van der Waals surface area contributed by atoms with Gasteiger partial charge in [0.1, 0.15) is 11.3 Å². The Hall–Kier alpha value is -4.81. The monoisotopic (exact) mass is 530 g/mol. The number of anilines is 1. The second-order valence-electron chi connectivity index (χ2n) is 10.1. The van der Waals surface area contributed by atoms with Crippen LogP contribution in [0.5, 0.6) is 0 Å². The van der Waals surface area contributed by atoms with Crippen molar-refractivity contribution < 1.29 is 4.42 Å². The normalized spacial score (nSPS) is 12.3. The Bertz CT molecular complexity index is 1730. The average molecular weight is 531 g/mol. The van der Waals surface area contributed by atoms with E-state index in [4.69, 9.17) is 16.0 Å². The molecule has 5 rings (SSSR count). The van der Waals surface area contributed by atoms with E-state index in [1.165, 1.54) is 0 Å². The first-order valence-corrected chi connectivity index (χ1v) is 13.3. The van der Waals surface area contributed by atoms with Crippen LogP contribution >= 0.6 is 0 Å². The number of aryl methyl sites for hydroxylation is 1. The molecule has 1 atom stereocenters. The molecule has 5 aromatic rings. The third-order valence-electron chi connectivity index (χ3n) is 7.02. The van der Waals surface area contributed by atoms with Gasteiger partial charge in [0, 0.05) is 34.1 Å². The van der Waals surface area contributed by atoms with Gasteiger partial charge in [-0.05, 0) is 44.0 Å². The van der Waals surface area contributed by atoms with Gasteiger partial charge in [-0.15, -0.1) is 0 Å². The minimum absolute atomic E-state index is 0.0220. The van der Waals surface area contributed by atoms with Crippen molar-refractivity contribution in [2.24, 2.45) is 11.6 Å². The molecule has 4 aromatic carbocycles. The van der Waals surface area contributed by atoms with Gasteiger partial charge in [-0.2, -0.15) is 0 Å². The number of para-hydroxylation sites is 1. The quantitative estimate of drug-likeness (QED) is 0.149. The summed E-state index contributed by atoms with van der Waals surface area (Å²) in [7, 11) is 0. The summed E-state index contributed by atoms with van der Waals surface area (Å²) in [6.07, 6.45) is 1.74. The van der Waals surface area contributed by atoms with Crippen molar-refractivity contribution in [3.8, 4) is 11.3 Å². The number of nitrogens with two attached hydrogens (primary N) is 2. The fourth-order valence-corrected chi connectivity index (χ4v) is 5.01. The van der Waals surface area contributed by atoms with E-state index in [-0.39, 0.29) is 11.5 Å². The highest BCUT2D eigenvalue weighted by atomic mass is 16.3. The minimum atomic E-state index is -0.191. The van der Waals surface area contributed by atoms with Crippen LogP contribution in [0.15, 0.2) is 112 Å². The van der Waals surface area contributed by atoms with Crippen molar-refractivity contribution in [2.75, 3.05) is 5.32 Å². The standard InChI is InChI=1S/C34H34N4O2/c1-22-18-28(34-29(19-22)32(39)23(2)33(40-34)26-14-8-5-9-15-26)24(3)37-31-17-11-10-16-27(31)30(35)21-38(36)20-25-12-6-4-7-13-25/h4-19,21,24,37H,20,35-36H2,1-3H3/b30-21-. The Balaban J connectivity index is 1.50. The van der Waals surface area contributed by atoms with Crippen LogP contribution < -0.4 is 22.3 Å². The summed E-state index contributed by atoms with van der Waals surface area (Å²) in [6.45, 7) is 6.40. The van der Waals surface area contributed by atoms with Crippen molar-refractivity contribution in [3.63, 3.8) is 0 Å². The van der Waals surface area contributed by atoms with E-state index in [0.29, 0.717) is 34.5 Å². The zero-order chi connectivity index (χ0) is 28.2. The van der Waals surface area contributed by atoms with Gasteiger partial charge in [-0.25, -0.2) is 5.84 Å². The van der Waals surface area contributed by atoms with E-state index in [1.807, 2.05) is 105 Å². The van der Waals surface area contributed by atoms with Crippen LogP contribution in [0.3, 0.4) is 0 Å². The summed E-state index contributed by atoms with van der Waals surface area (Å²) in [5.74, 6) is 6.86. The van der Waals surface area contributed by atoms with E-state index in [9.17, 15) is 4.79 Å². The molecule has 0 radical (unpaired) electrons. The fraction of sp³-hybridized carbons (Fsp3) is 0.147. The first kappa shape index (κ1) is 26.8. The molecule has 1 heterocycles. The highest BCUT2D eigenvalue weighted by molar-refractivity contribution is 5.85. The fourth-order valence-electron chi connectivity index (χ4n) is 5.01. The molecule has 1 aromatic heterocycles. The summed E-state index contributed by atoms with van der Waals surface area (Å²) in [6, 6.07) is 31.4. The Morgan fingerprint density at radius 2 is 1.60 bits per heavy atom. The van der Waals surface area contributed by atoms with Gasteiger partial charge in [-0.1, -0.05) is 84.9 Å². The van der Waals surface area contributed by atoms with Crippen molar-refractivity contribution in [1.29, 1.82) is 0 Å². The number of fused-ring (bicyclic) bond motifs is 1. The predicted molar refractivity (Wildman–Crippen MR) is 164 cm³/mol. The van der Waals surface area contributed by atoms with Crippen LogP contribution in [0.2, 0.25) is 0 Å². The molecule has 6 nitrogen and oxygen atoms in total. The number of hydrogen-bond donors (Lipinski definition) is 3. The molecule has 0 amide bonds. The van der Waals surface area contributed by atoms with Gasteiger partial charge in [0.05, 0.1) is 23.7 Å². The zero-order valence-corrected chi connectivity index (χ0v) is 23.0. The lowest BCUT2D eigenvalue weighted by atomic mass is 9.98. The second kappa shape index (κ2) is 11.5. The molecule has 202 valence electrons. The van der Waals surface area contributed by atoms with Gasteiger partial charge in [0.2, 0.25) is 0 Å². The number of benzene rings is 4. The topological polar surface area (TPSA) is 97.5 Å². The van der Waals surface area contributed by atoms with E-state index < -0.39 is 0 Å². The van der Waals surface area contributed by atoms with Crippen molar-refractivity contribution >= 4 is 22.4 Å². The Morgan fingerprint density at radius 1 is 0.950 bits per heavy atom. The van der Waals surface area contributed by atoms with Gasteiger partial charge in [0.15, 0.2) is 5.43 Å². The van der Waals surface area contributed by atoms with Crippen LogP contribution in [-0.4, -0.2) is 5.01 Å². The Morgan fingerprint density at radius 3 is 2.33 bits per heavy atom. The third kappa shape index (κ3) is 5.63. The minimum Gasteiger partial charge on any atom is -0.455 e. The van der Waals surface area contributed by atoms with E-state index in [2.05, 4.69) is 18.3 Å². The van der Waals surface area contributed by atoms with Crippen LogP contribution in [0.4, 0.5) is 5.69 Å². The predicted octanol–water partition coefficient (Wildman–Crippen LogP) is 6.88. The zero-order valence-electron chi connectivity index (χ0n) is 23.0. The number of rotatable bonds is 8. The van der Waals surface area contributed by atoms with E-state index >= 15 is 0 Å². The maximum absolute atomic E-state index is 13.5. The summed E-state index contributed by atoms with van der Waals surface area (Å²) in [4.78, 5) is 13.5. The van der Waals surface area contributed by atoms with Crippen molar-refractivity contribution in [2.45, 2.75) is 33.4 Å². The summed E-state index contributed by atoms with van der Waals surface area (Å²) in [5.41, 5.74) is 13.8. The maximum Gasteiger partial charge on any atom is 0.196 e. The van der Waals surface area contributed by atoms with Gasteiger partial charge >= 0.3 is 0 Å². The maximum atomic E-state index is 13.5. The lowest BCUT2D eigenvalue weighted by Gasteiger charge is -2.21. The molecule has 0 aliphatic carbocycles. The number of hydrazine groups is 1.